The molecule has 0 radical (unpaired) electrons. The summed E-state index contributed by atoms with van der Waals surface area (Å²) >= 11 is 1.65. The highest BCUT2D eigenvalue weighted by atomic mass is 32.1. The summed E-state index contributed by atoms with van der Waals surface area (Å²) in [5, 5.41) is 15.4. The van der Waals surface area contributed by atoms with Crippen LogP contribution in [0.25, 0.3) is 21.3 Å². The zero-order valence-corrected chi connectivity index (χ0v) is 16.4. The Hall–Kier alpha value is -3.09. The zero-order valence-electron chi connectivity index (χ0n) is 15.6. The number of aryl methyl sites for hydroxylation is 2. The van der Waals surface area contributed by atoms with Crippen LogP contribution in [0, 0.1) is 13.8 Å². The molecule has 28 heavy (non-hydrogen) atoms. The molecule has 0 aliphatic carbocycles. The van der Waals surface area contributed by atoms with Crippen molar-refractivity contribution in [2.45, 2.75) is 20.5 Å². The Kier molecular flexibility index (Phi) is 4.90. The van der Waals surface area contributed by atoms with Gasteiger partial charge in [0.1, 0.15) is 0 Å². The molecule has 0 unspecified atom stereocenters. The number of aromatic nitrogens is 2. The van der Waals surface area contributed by atoms with E-state index >= 15 is 0 Å². The summed E-state index contributed by atoms with van der Waals surface area (Å²) in [7, 11) is 0. The standard InChI is InChI=1S/C22H19N3O2S/c1-13-9-15(11-26)10-14(2)20(13)25-22(27)21-23-8-7-18(24-21)17-12-28-19-6-4-3-5-16(17)19/h3-10,12,26H,11H2,1-2H3,(H,25,27). The van der Waals surface area contributed by atoms with E-state index in [9.17, 15) is 9.90 Å². The highest BCUT2D eigenvalue weighted by molar-refractivity contribution is 7.17. The summed E-state index contributed by atoms with van der Waals surface area (Å²) in [5.41, 5.74) is 5.03. The van der Waals surface area contributed by atoms with Gasteiger partial charge in [0.05, 0.1) is 12.3 Å². The molecule has 6 heteroatoms. The molecule has 5 nitrogen and oxygen atoms in total. The highest BCUT2D eigenvalue weighted by Gasteiger charge is 2.15. The van der Waals surface area contributed by atoms with Crippen molar-refractivity contribution in [3.05, 3.63) is 76.6 Å². The van der Waals surface area contributed by atoms with Gasteiger partial charge < -0.3 is 10.4 Å². The lowest BCUT2D eigenvalue weighted by Crippen LogP contribution is -2.17. The Balaban J connectivity index is 1.66. The summed E-state index contributed by atoms with van der Waals surface area (Å²) in [4.78, 5) is 21.4. The fourth-order valence-corrected chi connectivity index (χ4v) is 4.26. The molecule has 2 aromatic heterocycles. The molecule has 0 bridgehead atoms. The second kappa shape index (κ2) is 7.50. The topological polar surface area (TPSA) is 75.1 Å². The van der Waals surface area contributed by atoms with Crippen molar-refractivity contribution in [1.29, 1.82) is 0 Å². The number of anilines is 1. The maximum absolute atomic E-state index is 12.8. The maximum Gasteiger partial charge on any atom is 0.293 e. The highest BCUT2D eigenvalue weighted by Crippen LogP contribution is 2.32. The Morgan fingerprint density at radius 1 is 1.14 bits per heavy atom. The number of rotatable bonds is 4. The number of amides is 1. The molecule has 0 spiro atoms. The molecular weight excluding hydrogens is 370 g/mol. The average Bonchev–Trinajstić information content (AvgIpc) is 3.14. The smallest absolute Gasteiger partial charge is 0.293 e. The minimum Gasteiger partial charge on any atom is -0.392 e. The number of nitrogens with zero attached hydrogens (tertiary/aromatic N) is 2. The van der Waals surface area contributed by atoms with E-state index in [4.69, 9.17) is 0 Å². The van der Waals surface area contributed by atoms with Gasteiger partial charge in [0.15, 0.2) is 0 Å². The van der Waals surface area contributed by atoms with Gasteiger partial charge in [0.25, 0.3) is 5.91 Å². The monoisotopic (exact) mass is 389 g/mol. The van der Waals surface area contributed by atoms with E-state index < -0.39 is 0 Å². The van der Waals surface area contributed by atoms with Crippen molar-refractivity contribution in [3.63, 3.8) is 0 Å². The van der Waals surface area contributed by atoms with E-state index in [0.717, 1.165) is 39.0 Å². The maximum atomic E-state index is 12.8. The van der Waals surface area contributed by atoms with Crippen molar-refractivity contribution in [3.8, 4) is 11.3 Å². The summed E-state index contributed by atoms with van der Waals surface area (Å²) in [6.45, 7) is 3.77. The van der Waals surface area contributed by atoms with Crippen LogP contribution in [0.4, 0.5) is 5.69 Å². The van der Waals surface area contributed by atoms with Crippen LogP contribution in [0.5, 0.6) is 0 Å². The fraction of sp³-hybridized carbons (Fsp3) is 0.136. The minimum atomic E-state index is -0.357. The molecule has 2 heterocycles. The minimum absolute atomic E-state index is 0.0321. The number of aliphatic hydroxyl groups is 1. The van der Waals surface area contributed by atoms with Gasteiger partial charge >= 0.3 is 0 Å². The molecule has 0 atom stereocenters. The summed E-state index contributed by atoms with van der Waals surface area (Å²) < 4.78 is 1.18. The van der Waals surface area contributed by atoms with Gasteiger partial charge in [-0.05, 0) is 42.7 Å². The predicted octanol–water partition coefficient (Wildman–Crippen LogP) is 4.72. The van der Waals surface area contributed by atoms with Crippen LogP contribution >= 0.6 is 11.3 Å². The first-order valence-corrected chi connectivity index (χ1v) is 9.77. The Morgan fingerprint density at radius 2 is 1.89 bits per heavy atom. The molecule has 0 saturated carbocycles. The summed E-state index contributed by atoms with van der Waals surface area (Å²) in [6.07, 6.45) is 1.61. The van der Waals surface area contributed by atoms with Gasteiger partial charge in [-0.25, -0.2) is 9.97 Å². The Bertz CT molecular complexity index is 1160. The number of thiophene rings is 1. The number of carbonyl (C=O) groups excluding carboxylic acids is 1. The number of nitrogens with one attached hydrogen (secondary N) is 1. The lowest BCUT2D eigenvalue weighted by molar-refractivity contribution is 0.101. The van der Waals surface area contributed by atoms with E-state index in [1.807, 2.05) is 44.2 Å². The first-order valence-electron chi connectivity index (χ1n) is 8.89. The second-order valence-electron chi connectivity index (χ2n) is 6.63. The molecule has 0 aliphatic rings. The molecule has 140 valence electrons. The third-order valence-electron chi connectivity index (χ3n) is 4.63. The van der Waals surface area contributed by atoms with Gasteiger partial charge in [-0.1, -0.05) is 30.3 Å². The van der Waals surface area contributed by atoms with Crippen molar-refractivity contribution in [2.75, 3.05) is 5.32 Å². The molecule has 0 aliphatic heterocycles. The van der Waals surface area contributed by atoms with Crippen LogP contribution in [0.3, 0.4) is 0 Å². The van der Waals surface area contributed by atoms with Crippen LogP contribution in [0.2, 0.25) is 0 Å². The van der Waals surface area contributed by atoms with Gasteiger partial charge in [-0.15, -0.1) is 11.3 Å². The van der Waals surface area contributed by atoms with Crippen LogP contribution in [-0.2, 0) is 6.61 Å². The fourth-order valence-electron chi connectivity index (χ4n) is 3.31. The van der Waals surface area contributed by atoms with Crippen molar-refractivity contribution in [2.24, 2.45) is 0 Å². The van der Waals surface area contributed by atoms with Crippen molar-refractivity contribution in [1.82, 2.24) is 9.97 Å². The number of aliphatic hydroxyl groups excluding tert-OH is 1. The summed E-state index contributed by atoms with van der Waals surface area (Å²) in [6, 6.07) is 13.7. The number of hydrogen-bond donors (Lipinski definition) is 2. The van der Waals surface area contributed by atoms with Gasteiger partial charge in [-0.3, -0.25) is 4.79 Å². The first-order chi connectivity index (χ1) is 13.6. The normalized spacial score (nSPS) is 11.0. The van der Waals surface area contributed by atoms with Gasteiger partial charge in [0, 0.05) is 32.9 Å². The van der Waals surface area contributed by atoms with Crippen LogP contribution in [0.15, 0.2) is 54.0 Å². The lowest BCUT2D eigenvalue weighted by atomic mass is 10.0. The van der Waals surface area contributed by atoms with E-state index in [1.54, 1.807) is 17.5 Å². The Labute approximate surface area is 166 Å². The van der Waals surface area contributed by atoms with E-state index in [0.29, 0.717) is 0 Å². The molecule has 1 amide bonds. The van der Waals surface area contributed by atoms with E-state index in [-0.39, 0.29) is 18.3 Å². The first kappa shape index (κ1) is 18.3. The molecule has 4 rings (SSSR count). The Morgan fingerprint density at radius 3 is 2.64 bits per heavy atom. The van der Waals surface area contributed by atoms with Crippen LogP contribution < -0.4 is 5.32 Å². The SMILES string of the molecule is Cc1cc(CO)cc(C)c1NC(=O)c1nccc(-c2csc3ccccc23)n1. The van der Waals surface area contributed by atoms with E-state index in [2.05, 4.69) is 32.8 Å². The lowest BCUT2D eigenvalue weighted by Gasteiger charge is -2.13. The summed E-state index contributed by atoms with van der Waals surface area (Å²) in [5.74, 6) is -0.234. The third-order valence-corrected chi connectivity index (χ3v) is 5.59. The number of hydrogen-bond acceptors (Lipinski definition) is 5. The molecule has 0 fully saturated rings. The second-order valence-corrected chi connectivity index (χ2v) is 7.54. The largest absolute Gasteiger partial charge is 0.392 e. The van der Waals surface area contributed by atoms with Gasteiger partial charge in [0.2, 0.25) is 5.82 Å². The number of benzene rings is 2. The molecule has 4 aromatic rings. The van der Waals surface area contributed by atoms with Crippen LogP contribution in [-0.4, -0.2) is 21.0 Å². The number of fused-ring (bicyclic) bond motifs is 1. The van der Waals surface area contributed by atoms with Crippen molar-refractivity contribution >= 4 is 33.0 Å². The molecule has 0 saturated heterocycles. The molecule has 2 aromatic carbocycles. The van der Waals surface area contributed by atoms with Gasteiger partial charge in [-0.2, -0.15) is 0 Å². The molecule has 2 N–H and O–H groups in total. The predicted molar refractivity (Wildman–Crippen MR) is 113 cm³/mol. The number of carbonyl (C=O) groups is 1. The van der Waals surface area contributed by atoms with E-state index in [1.165, 1.54) is 4.70 Å². The van der Waals surface area contributed by atoms with Crippen molar-refractivity contribution < 1.29 is 9.90 Å². The zero-order chi connectivity index (χ0) is 19.7. The quantitative estimate of drug-likeness (QED) is 0.530. The molecular formula is C22H19N3O2S. The van der Waals surface area contributed by atoms with Crippen LogP contribution in [0.1, 0.15) is 27.3 Å². The third kappa shape index (κ3) is 3.40. The average molecular weight is 389 g/mol.